The summed E-state index contributed by atoms with van der Waals surface area (Å²) in [5, 5.41) is -0.504. The van der Waals surface area contributed by atoms with Gasteiger partial charge in [-0.3, -0.25) is 4.90 Å². The van der Waals surface area contributed by atoms with E-state index in [1.165, 1.54) is 12.8 Å². The molecule has 7 heteroatoms. The second-order valence-corrected chi connectivity index (χ2v) is 7.45. The van der Waals surface area contributed by atoms with Gasteiger partial charge in [0.25, 0.3) is 0 Å². The zero-order valence-electron chi connectivity index (χ0n) is 11.5. The molecule has 0 amide bonds. The lowest BCUT2D eigenvalue weighted by molar-refractivity contribution is -0.0449. The van der Waals surface area contributed by atoms with Crippen LogP contribution < -0.4 is 10.5 Å². The molecular formula is C12H25N3O3S. The minimum Gasteiger partial charge on any atom is -0.374 e. The molecule has 0 aliphatic carbocycles. The molecule has 2 rings (SSSR count). The van der Waals surface area contributed by atoms with Crippen LogP contribution in [-0.2, 0) is 14.8 Å². The number of fused-ring (bicyclic) bond motifs is 1. The molecule has 0 bridgehead atoms. The van der Waals surface area contributed by atoms with E-state index in [0.717, 1.165) is 19.7 Å². The zero-order valence-corrected chi connectivity index (χ0v) is 12.4. The predicted octanol–water partition coefficient (Wildman–Crippen LogP) is -0.494. The molecule has 3 unspecified atom stereocenters. The van der Waals surface area contributed by atoms with Gasteiger partial charge in [-0.15, -0.1) is 0 Å². The Morgan fingerprint density at radius 3 is 3.00 bits per heavy atom. The van der Waals surface area contributed by atoms with E-state index >= 15 is 0 Å². The molecule has 2 aliphatic heterocycles. The van der Waals surface area contributed by atoms with E-state index in [2.05, 4.69) is 9.62 Å². The zero-order chi connectivity index (χ0) is 13.9. The van der Waals surface area contributed by atoms with Crippen LogP contribution in [-0.4, -0.2) is 63.5 Å². The van der Waals surface area contributed by atoms with Gasteiger partial charge in [-0.1, -0.05) is 6.92 Å². The van der Waals surface area contributed by atoms with Gasteiger partial charge in [0.05, 0.1) is 18.0 Å². The van der Waals surface area contributed by atoms with Crippen molar-refractivity contribution in [1.29, 1.82) is 0 Å². The Hall–Kier alpha value is -0.210. The Kier molecular flexibility index (Phi) is 5.19. The van der Waals surface area contributed by atoms with Crippen molar-refractivity contribution in [1.82, 2.24) is 9.62 Å². The maximum atomic E-state index is 12.0. The number of morpholine rings is 1. The Bertz CT molecular complexity index is 384. The first kappa shape index (κ1) is 15.2. The fourth-order valence-electron chi connectivity index (χ4n) is 2.85. The van der Waals surface area contributed by atoms with Crippen LogP contribution in [0.25, 0.3) is 0 Å². The largest absolute Gasteiger partial charge is 0.374 e. The number of nitrogens with one attached hydrogen (secondary N) is 1. The molecule has 0 aromatic rings. The summed E-state index contributed by atoms with van der Waals surface area (Å²) in [7, 11) is -3.32. The van der Waals surface area contributed by atoms with Crippen LogP contribution in [0.5, 0.6) is 0 Å². The van der Waals surface area contributed by atoms with Gasteiger partial charge in [0, 0.05) is 25.7 Å². The van der Waals surface area contributed by atoms with Crippen LogP contribution in [0.4, 0.5) is 0 Å². The first-order valence-electron chi connectivity index (χ1n) is 7.11. The van der Waals surface area contributed by atoms with Crippen molar-refractivity contribution < 1.29 is 13.2 Å². The number of hydrogen-bond acceptors (Lipinski definition) is 5. The van der Waals surface area contributed by atoms with Crippen LogP contribution >= 0.6 is 0 Å². The molecule has 0 spiro atoms. The average molecular weight is 291 g/mol. The van der Waals surface area contributed by atoms with Crippen molar-refractivity contribution >= 4 is 10.0 Å². The molecule has 6 nitrogen and oxygen atoms in total. The molecule has 3 N–H and O–H groups in total. The van der Waals surface area contributed by atoms with Gasteiger partial charge >= 0.3 is 0 Å². The third kappa shape index (κ3) is 3.66. The van der Waals surface area contributed by atoms with Crippen molar-refractivity contribution in [2.75, 3.05) is 32.8 Å². The van der Waals surface area contributed by atoms with Crippen molar-refractivity contribution in [3.63, 3.8) is 0 Å². The molecule has 2 aliphatic rings. The SMILES string of the molecule is CCC(CN)S(=O)(=O)NCC1CN2CCCC2CO1. The molecular weight excluding hydrogens is 266 g/mol. The maximum Gasteiger partial charge on any atom is 0.215 e. The van der Waals surface area contributed by atoms with Crippen LogP contribution in [0.1, 0.15) is 26.2 Å². The summed E-state index contributed by atoms with van der Waals surface area (Å²) in [6.45, 7) is 5.00. The van der Waals surface area contributed by atoms with Crippen molar-refractivity contribution in [3.8, 4) is 0 Å². The predicted molar refractivity (Wildman–Crippen MR) is 74.4 cm³/mol. The minimum absolute atomic E-state index is 0.0422. The highest BCUT2D eigenvalue weighted by Gasteiger charge is 2.33. The fraction of sp³-hybridized carbons (Fsp3) is 1.00. The third-order valence-electron chi connectivity index (χ3n) is 4.13. The molecule has 112 valence electrons. The van der Waals surface area contributed by atoms with Gasteiger partial charge in [-0.05, 0) is 25.8 Å². The highest BCUT2D eigenvalue weighted by Crippen LogP contribution is 2.22. The molecule has 0 radical (unpaired) electrons. The number of sulfonamides is 1. The van der Waals surface area contributed by atoms with E-state index in [-0.39, 0.29) is 12.6 Å². The fourth-order valence-corrected chi connectivity index (χ4v) is 4.19. The summed E-state index contributed by atoms with van der Waals surface area (Å²) in [6.07, 6.45) is 2.91. The molecule has 0 saturated carbocycles. The van der Waals surface area contributed by atoms with E-state index < -0.39 is 15.3 Å². The van der Waals surface area contributed by atoms with E-state index in [9.17, 15) is 8.42 Å². The number of nitrogens with zero attached hydrogens (tertiary/aromatic N) is 1. The number of rotatable bonds is 6. The van der Waals surface area contributed by atoms with Gasteiger partial charge < -0.3 is 10.5 Å². The second-order valence-electron chi connectivity index (χ2n) is 5.41. The van der Waals surface area contributed by atoms with E-state index in [4.69, 9.17) is 10.5 Å². The lowest BCUT2D eigenvalue weighted by Gasteiger charge is -2.35. The van der Waals surface area contributed by atoms with Gasteiger partial charge in [0.2, 0.25) is 10.0 Å². The first-order chi connectivity index (χ1) is 9.06. The lowest BCUT2D eigenvalue weighted by atomic mass is 10.2. The van der Waals surface area contributed by atoms with E-state index in [1.807, 2.05) is 6.92 Å². The average Bonchev–Trinajstić information content (AvgIpc) is 2.85. The summed E-state index contributed by atoms with van der Waals surface area (Å²) < 4.78 is 32.4. The number of nitrogens with two attached hydrogens (primary N) is 1. The van der Waals surface area contributed by atoms with Crippen LogP contribution in [0.15, 0.2) is 0 Å². The van der Waals surface area contributed by atoms with Gasteiger partial charge in [0.1, 0.15) is 0 Å². The standard InChI is InChI=1S/C12H25N3O3S/c1-2-12(6-13)19(16,17)14-7-11-8-15-5-3-4-10(15)9-18-11/h10-12,14H,2-9,13H2,1H3. The van der Waals surface area contributed by atoms with Crippen molar-refractivity contribution in [2.45, 2.75) is 43.6 Å². The highest BCUT2D eigenvalue weighted by molar-refractivity contribution is 7.90. The molecule has 0 aromatic heterocycles. The molecule has 3 atom stereocenters. The van der Waals surface area contributed by atoms with Crippen LogP contribution in [0.3, 0.4) is 0 Å². The normalized spacial score (nSPS) is 30.2. The van der Waals surface area contributed by atoms with Crippen molar-refractivity contribution in [2.24, 2.45) is 5.73 Å². The van der Waals surface area contributed by atoms with Crippen LogP contribution in [0.2, 0.25) is 0 Å². The van der Waals surface area contributed by atoms with Gasteiger partial charge in [-0.2, -0.15) is 0 Å². The molecule has 0 aromatic carbocycles. The van der Waals surface area contributed by atoms with E-state index in [1.54, 1.807) is 0 Å². The Balaban J connectivity index is 1.82. The summed E-state index contributed by atoms with van der Waals surface area (Å²) in [5.41, 5.74) is 5.49. The number of hydrogen-bond donors (Lipinski definition) is 2. The summed E-state index contributed by atoms with van der Waals surface area (Å²) >= 11 is 0. The summed E-state index contributed by atoms with van der Waals surface area (Å²) in [4.78, 5) is 2.41. The maximum absolute atomic E-state index is 12.0. The number of ether oxygens (including phenoxy) is 1. The van der Waals surface area contributed by atoms with Gasteiger partial charge in [-0.25, -0.2) is 13.1 Å². The molecule has 2 saturated heterocycles. The first-order valence-corrected chi connectivity index (χ1v) is 8.65. The van der Waals surface area contributed by atoms with E-state index in [0.29, 0.717) is 19.0 Å². The monoisotopic (exact) mass is 291 g/mol. The molecule has 19 heavy (non-hydrogen) atoms. The Morgan fingerprint density at radius 1 is 1.53 bits per heavy atom. The topological polar surface area (TPSA) is 84.7 Å². The smallest absolute Gasteiger partial charge is 0.215 e. The summed E-state index contributed by atoms with van der Waals surface area (Å²) in [6, 6.07) is 0.542. The summed E-state index contributed by atoms with van der Waals surface area (Å²) in [5.74, 6) is 0. The highest BCUT2D eigenvalue weighted by atomic mass is 32.2. The van der Waals surface area contributed by atoms with Gasteiger partial charge in [0.15, 0.2) is 0 Å². The second kappa shape index (κ2) is 6.49. The lowest BCUT2D eigenvalue weighted by Crippen LogP contribution is -2.51. The molecule has 2 fully saturated rings. The molecule has 2 heterocycles. The minimum atomic E-state index is -3.32. The van der Waals surface area contributed by atoms with Crippen LogP contribution in [0, 0.1) is 0 Å². The quantitative estimate of drug-likeness (QED) is 0.689. The third-order valence-corrected chi connectivity index (χ3v) is 6.10. The van der Waals surface area contributed by atoms with Crippen molar-refractivity contribution in [3.05, 3.63) is 0 Å². The Labute approximate surface area is 115 Å². The Morgan fingerprint density at radius 2 is 2.32 bits per heavy atom.